The van der Waals surface area contributed by atoms with Crippen molar-refractivity contribution in [1.82, 2.24) is 0 Å². The quantitative estimate of drug-likeness (QED) is 0.848. The lowest BCUT2D eigenvalue weighted by Gasteiger charge is -2.10. The smallest absolute Gasteiger partial charge is 0.161 e. The standard InChI is InChI=1S/C13H11Cl2NO/c14-10-6-4-9(5-7-10)8-17-13-11(15)2-1-3-12(13)16/h1-7H,8,16H2. The van der Waals surface area contributed by atoms with Gasteiger partial charge in [-0.25, -0.2) is 0 Å². The van der Waals surface area contributed by atoms with Crippen molar-refractivity contribution in [2.45, 2.75) is 6.61 Å². The largest absolute Gasteiger partial charge is 0.485 e. The molecule has 2 rings (SSSR count). The zero-order chi connectivity index (χ0) is 12.3. The van der Waals surface area contributed by atoms with E-state index in [1.165, 1.54) is 0 Å². The molecule has 0 aliphatic heterocycles. The molecule has 0 spiro atoms. The normalized spacial score (nSPS) is 10.2. The summed E-state index contributed by atoms with van der Waals surface area (Å²) < 4.78 is 5.59. The van der Waals surface area contributed by atoms with Crippen molar-refractivity contribution in [2.24, 2.45) is 0 Å². The first-order chi connectivity index (χ1) is 8.16. The van der Waals surface area contributed by atoms with E-state index in [1.54, 1.807) is 18.2 Å². The van der Waals surface area contributed by atoms with Crippen molar-refractivity contribution in [3.05, 3.63) is 58.1 Å². The van der Waals surface area contributed by atoms with Crippen molar-refractivity contribution >= 4 is 28.9 Å². The van der Waals surface area contributed by atoms with Crippen LogP contribution in [0.25, 0.3) is 0 Å². The minimum Gasteiger partial charge on any atom is -0.485 e. The van der Waals surface area contributed by atoms with Crippen LogP contribution < -0.4 is 10.5 Å². The molecule has 0 unspecified atom stereocenters. The number of rotatable bonds is 3. The van der Waals surface area contributed by atoms with E-state index in [0.29, 0.717) is 28.1 Å². The molecule has 4 heteroatoms. The topological polar surface area (TPSA) is 35.2 Å². The van der Waals surface area contributed by atoms with Crippen LogP contribution in [-0.2, 0) is 6.61 Å². The Morgan fingerprint density at radius 3 is 2.35 bits per heavy atom. The zero-order valence-corrected chi connectivity index (χ0v) is 10.5. The molecule has 17 heavy (non-hydrogen) atoms. The van der Waals surface area contributed by atoms with Gasteiger partial charge >= 0.3 is 0 Å². The number of benzene rings is 2. The Morgan fingerprint density at radius 2 is 1.71 bits per heavy atom. The van der Waals surface area contributed by atoms with Gasteiger partial charge in [0.2, 0.25) is 0 Å². The van der Waals surface area contributed by atoms with E-state index in [1.807, 2.05) is 24.3 Å². The van der Waals surface area contributed by atoms with Crippen LogP contribution in [0, 0.1) is 0 Å². The Labute approximate surface area is 110 Å². The van der Waals surface area contributed by atoms with Gasteiger partial charge in [-0.2, -0.15) is 0 Å². The number of nitrogens with two attached hydrogens (primary N) is 1. The van der Waals surface area contributed by atoms with E-state index in [9.17, 15) is 0 Å². The van der Waals surface area contributed by atoms with Gasteiger partial charge in [0.25, 0.3) is 0 Å². The second-order valence-corrected chi connectivity index (χ2v) is 4.42. The van der Waals surface area contributed by atoms with Crippen LogP contribution in [0.5, 0.6) is 5.75 Å². The molecule has 0 radical (unpaired) electrons. The third kappa shape index (κ3) is 3.05. The molecule has 0 bridgehead atoms. The fourth-order valence-corrected chi connectivity index (χ4v) is 1.78. The van der Waals surface area contributed by atoms with Gasteiger partial charge in [-0.15, -0.1) is 0 Å². The lowest BCUT2D eigenvalue weighted by Crippen LogP contribution is -1.99. The third-order valence-corrected chi connectivity index (χ3v) is 2.84. The second-order valence-electron chi connectivity index (χ2n) is 3.57. The number of ether oxygens (including phenoxy) is 1. The number of anilines is 1. The monoisotopic (exact) mass is 267 g/mol. The van der Waals surface area contributed by atoms with Gasteiger partial charge in [-0.3, -0.25) is 0 Å². The Balaban J connectivity index is 2.10. The van der Waals surface area contributed by atoms with Crippen LogP contribution in [-0.4, -0.2) is 0 Å². The maximum atomic E-state index is 5.99. The maximum Gasteiger partial charge on any atom is 0.161 e. The van der Waals surface area contributed by atoms with Crippen LogP contribution in [0.15, 0.2) is 42.5 Å². The summed E-state index contributed by atoms with van der Waals surface area (Å²) in [6.07, 6.45) is 0. The molecule has 2 nitrogen and oxygen atoms in total. The van der Waals surface area contributed by atoms with Gasteiger partial charge in [0.15, 0.2) is 5.75 Å². The first kappa shape index (κ1) is 12.1. The molecule has 0 saturated carbocycles. The van der Waals surface area contributed by atoms with Crippen LogP contribution in [0.1, 0.15) is 5.56 Å². The fourth-order valence-electron chi connectivity index (χ4n) is 1.41. The molecule has 2 N–H and O–H groups in total. The molecule has 0 atom stereocenters. The molecule has 0 fully saturated rings. The average Bonchev–Trinajstić information content (AvgIpc) is 2.31. The van der Waals surface area contributed by atoms with E-state index >= 15 is 0 Å². The minimum atomic E-state index is 0.408. The molecule has 0 aliphatic rings. The van der Waals surface area contributed by atoms with Gasteiger partial charge in [0.05, 0.1) is 10.7 Å². The number of nitrogen functional groups attached to an aromatic ring is 1. The summed E-state index contributed by atoms with van der Waals surface area (Å²) in [6.45, 7) is 0.408. The van der Waals surface area contributed by atoms with Crippen LogP contribution in [0.2, 0.25) is 10.0 Å². The SMILES string of the molecule is Nc1cccc(Cl)c1OCc1ccc(Cl)cc1. The lowest BCUT2D eigenvalue weighted by atomic mass is 10.2. The molecule has 2 aromatic carbocycles. The van der Waals surface area contributed by atoms with Gasteiger partial charge in [0.1, 0.15) is 6.61 Å². The van der Waals surface area contributed by atoms with Crippen molar-refractivity contribution in [1.29, 1.82) is 0 Å². The van der Waals surface area contributed by atoms with Gasteiger partial charge < -0.3 is 10.5 Å². The summed E-state index contributed by atoms with van der Waals surface area (Å²) in [5.41, 5.74) is 7.32. The summed E-state index contributed by atoms with van der Waals surface area (Å²) in [5, 5.41) is 1.21. The molecule has 0 saturated heterocycles. The molecular formula is C13H11Cl2NO. The predicted molar refractivity (Wildman–Crippen MR) is 71.6 cm³/mol. The van der Waals surface area contributed by atoms with Gasteiger partial charge in [-0.1, -0.05) is 41.4 Å². The molecule has 0 aromatic heterocycles. The van der Waals surface area contributed by atoms with E-state index in [4.69, 9.17) is 33.7 Å². The zero-order valence-electron chi connectivity index (χ0n) is 8.99. The van der Waals surface area contributed by atoms with E-state index in [0.717, 1.165) is 5.56 Å². The summed E-state index contributed by atoms with van der Waals surface area (Å²) in [5.74, 6) is 0.518. The van der Waals surface area contributed by atoms with E-state index < -0.39 is 0 Å². The van der Waals surface area contributed by atoms with Crippen molar-refractivity contribution in [2.75, 3.05) is 5.73 Å². The maximum absolute atomic E-state index is 5.99. The Bertz CT molecular complexity index is 491. The van der Waals surface area contributed by atoms with Crippen LogP contribution in [0.3, 0.4) is 0 Å². The molecule has 0 amide bonds. The van der Waals surface area contributed by atoms with Crippen molar-refractivity contribution in [3.63, 3.8) is 0 Å². The minimum absolute atomic E-state index is 0.408. The number of halogens is 2. The fraction of sp³-hybridized carbons (Fsp3) is 0.0769. The van der Waals surface area contributed by atoms with Gasteiger partial charge in [-0.05, 0) is 29.8 Å². The van der Waals surface area contributed by atoms with Crippen LogP contribution >= 0.6 is 23.2 Å². The first-order valence-corrected chi connectivity index (χ1v) is 5.83. The van der Waals surface area contributed by atoms with Crippen molar-refractivity contribution < 1.29 is 4.74 Å². The average molecular weight is 268 g/mol. The Hall–Kier alpha value is -1.38. The summed E-state index contributed by atoms with van der Waals surface area (Å²) >= 11 is 11.8. The van der Waals surface area contributed by atoms with Crippen molar-refractivity contribution in [3.8, 4) is 5.75 Å². The Morgan fingerprint density at radius 1 is 1.00 bits per heavy atom. The number of para-hydroxylation sites is 1. The summed E-state index contributed by atoms with van der Waals surface area (Å²) in [7, 11) is 0. The Kier molecular flexibility index (Phi) is 3.77. The molecule has 0 heterocycles. The highest BCUT2D eigenvalue weighted by molar-refractivity contribution is 6.32. The number of hydrogen-bond acceptors (Lipinski definition) is 2. The summed E-state index contributed by atoms with van der Waals surface area (Å²) in [6, 6.07) is 12.7. The highest BCUT2D eigenvalue weighted by Crippen LogP contribution is 2.31. The van der Waals surface area contributed by atoms with E-state index in [2.05, 4.69) is 0 Å². The first-order valence-electron chi connectivity index (χ1n) is 5.08. The van der Waals surface area contributed by atoms with E-state index in [-0.39, 0.29) is 0 Å². The molecule has 0 aliphatic carbocycles. The predicted octanol–water partition coefficient (Wildman–Crippen LogP) is 4.15. The number of hydrogen-bond donors (Lipinski definition) is 1. The summed E-state index contributed by atoms with van der Waals surface area (Å²) in [4.78, 5) is 0. The molecule has 88 valence electrons. The third-order valence-electron chi connectivity index (χ3n) is 2.29. The highest BCUT2D eigenvalue weighted by atomic mass is 35.5. The highest BCUT2D eigenvalue weighted by Gasteiger charge is 2.05. The molecule has 2 aromatic rings. The van der Waals surface area contributed by atoms with Crippen LogP contribution in [0.4, 0.5) is 5.69 Å². The second kappa shape index (κ2) is 5.30. The lowest BCUT2D eigenvalue weighted by molar-refractivity contribution is 0.308. The van der Waals surface area contributed by atoms with Gasteiger partial charge in [0, 0.05) is 5.02 Å². The molecular weight excluding hydrogens is 257 g/mol.